The molecule has 0 aliphatic carbocycles. The van der Waals surface area contributed by atoms with E-state index in [1.165, 1.54) is 0 Å². The molecule has 15 heavy (non-hydrogen) atoms. The van der Waals surface area contributed by atoms with E-state index >= 15 is 0 Å². The van der Waals surface area contributed by atoms with Gasteiger partial charge in [0.15, 0.2) is 0 Å². The van der Waals surface area contributed by atoms with E-state index in [4.69, 9.17) is 16.3 Å². The molecule has 1 aromatic carbocycles. The Morgan fingerprint density at radius 2 is 1.67 bits per heavy atom. The quantitative estimate of drug-likeness (QED) is 0.737. The van der Waals surface area contributed by atoms with E-state index in [1.54, 1.807) is 0 Å². The Morgan fingerprint density at radius 3 is 2.13 bits per heavy atom. The smallest absolute Gasteiger partial charge is 0.0865 e. The first-order valence-electron chi connectivity index (χ1n) is 5.42. The molecular weight excluding hydrogens is 208 g/mol. The van der Waals surface area contributed by atoms with Gasteiger partial charge >= 0.3 is 0 Å². The Morgan fingerprint density at radius 1 is 1.07 bits per heavy atom. The van der Waals surface area contributed by atoms with Gasteiger partial charge in [0.1, 0.15) is 0 Å². The SMILES string of the molecule is CC(C)OC(c1ccccc1Cl)C(C)C. The first-order chi connectivity index (χ1) is 7.02. The highest BCUT2D eigenvalue weighted by Crippen LogP contribution is 2.31. The fourth-order valence-electron chi connectivity index (χ4n) is 1.59. The average molecular weight is 227 g/mol. The zero-order valence-corrected chi connectivity index (χ0v) is 10.6. The number of rotatable bonds is 4. The lowest BCUT2D eigenvalue weighted by Gasteiger charge is -2.25. The van der Waals surface area contributed by atoms with Crippen molar-refractivity contribution in [2.24, 2.45) is 5.92 Å². The maximum absolute atomic E-state index is 6.17. The molecule has 0 saturated heterocycles. The molecule has 2 heteroatoms. The first-order valence-corrected chi connectivity index (χ1v) is 5.80. The largest absolute Gasteiger partial charge is 0.371 e. The van der Waals surface area contributed by atoms with Crippen LogP contribution in [0.25, 0.3) is 0 Å². The Balaban J connectivity index is 2.94. The molecule has 1 unspecified atom stereocenters. The van der Waals surface area contributed by atoms with E-state index in [0.29, 0.717) is 5.92 Å². The molecule has 1 rings (SSSR count). The van der Waals surface area contributed by atoms with Gasteiger partial charge in [0, 0.05) is 5.02 Å². The molecule has 0 bridgehead atoms. The van der Waals surface area contributed by atoms with Gasteiger partial charge in [-0.15, -0.1) is 0 Å². The van der Waals surface area contributed by atoms with Crippen molar-refractivity contribution in [2.75, 3.05) is 0 Å². The van der Waals surface area contributed by atoms with E-state index in [-0.39, 0.29) is 12.2 Å². The molecule has 0 aliphatic rings. The van der Waals surface area contributed by atoms with Crippen molar-refractivity contribution < 1.29 is 4.74 Å². The summed E-state index contributed by atoms with van der Waals surface area (Å²) in [4.78, 5) is 0. The van der Waals surface area contributed by atoms with Crippen molar-refractivity contribution in [3.63, 3.8) is 0 Å². The minimum atomic E-state index is 0.0821. The van der Waals surface area contributed by atoms with Crippen molar-refractivity contribution >= 4 is 11.6 Å². The Kier molecular flexibility index (Phi) is 4.62. The van der Waals surface area contributed by atoms with Crippen molar-refractivity contribution in [3.8, 4) is 0 Å². The summed E-state index contributed by atoms with van der Waals surface area (Å²) in [5.41, 5.74) is 1.09. The number of benzene rings is 1. The molecule has 0 heterocycles. The van der Waals surface area contributed by atoms with E-state index in [2.05, 4.69) is 13.8 Å². The third kappa shape index (κ3) is 3.51. The summed E-state index contributed by atoms with van der Waals surface area (Å²) in [5.74, 6) is 0.423. The molecule has 1 atom stereocenters. The van der Waals surface area contributed by atoms with Crippen LogP contribution in [0.2, 0.25) is 5.02 Å². The van der Waals surface area contributed by atoms with Crippen LogP contribution in [-0.2, 0) is 4.74 Å². The molecule has 0 aromatic heterocycles. The predicted molar refractivity (Wildman–Crippen MR) is 65.3 cm³/mol. The van der Waals surface area contributed by atoms with E-state index in [9.17, 15) is 0 Å². The Labute approximate surface area is 97.4 Å². The molecule has 0 amide bonds. The lowest BCUT2D eigenvalue weighted by atomic mass is 9.98. The lowest BCUT2D eigenvalue weighted by Crippen LogP contribution is -2.16. The van der Waals surface area contributed by atoms with Crippen molar-refractivity contribution in [1.82, 2.24) is 0 Å². The number of ether oxygens (including phenoxy) is 1. The third-order valence-electron chi connectivity index (χ3n) is 2.24. The second-order valence-electron chi connectivity index (χ2n) is 4.37. The maximum Gasteiger partial charge on any atom is 0.0865 e. The highest BCUT2D eigenvalue weighted by atomic mass is 35.5. The van der Waals surface area contributed by atoms with E-state index < -0.39 is 0 Å². The van der Waals surface area contributed by atoms with Gasteiger partial charge < -0.3 is 4.74 Å². The van der Waals surface area contributed by atoms with Gasteiger partial charge in [-0.1, -0.05) is 43.6 Å². The van der Waals surface area contributed by atoms with Crippen LogP contribution >= 0.6 is 11.6 Å². The minimum absolute atomic E-state index is 0.0821. The first kappa shape index (κ1) is 12.5. The van der Waals surface area contributed by atoms with Gasteiger partial charge in [-0.3, -0.25) is 0 Å². The molecule has 0 N–H and O–H groups in total. The zero-order valence-electron chi connectivity index (χ0n) is 9.83. The normalized spacial score (nSPS) is 13.5. The molecule has 0 radical (unpaired) electrons. The van der Waals surface area contributed by atoms with Crippen LogP contribution in [0.1, 0.15) is 39.4 Å². The van der Waals surface area contributed by atoms with Crippen LogP contribution in [0, 0.1) is 5.92 Å². The minimum Gasteiger partial charge on any atom is -0.371 e. The Hall–Kier alpha value is -0.530. The van der Waals surface area contributed by atoms with Gasteiger partial charge in [-0.2, -0.15) is 0 Å². The summed E-state index contributed by atoms with van der Waals surface area (Å²) in [5, 5.41) is 0.789. The van der Waals surface area contributed by atoms with Crippen molar-refractivity contribution in [3.05, 3.63) is 34.9 Å². The molecule has 0 spiro atoms. The van der Waals surface area contributed by atoms with E-state index in [0.717, 1.165) is 10.6 Å². The van der Waals surface area contributed by atoms with Gasteiger partial charge in [-0.25, -0.2) is 0 Å². The summed E-state index contributed by atoms with van der Waals surface area (Å²) in [6.45, 7) is 8.39. The summed E-state index contributed by atoms with van der Waals surface area (Å²) in [6, 6.07) is 7.89. The van der Waals surface area contributed by atoms with Gasteiger partial charge in [0.05, 0.1) is 12.2 Å². The molecular formula is C13H19ClO. The molecule has 0 saturated carbocycles. The monoisotopic (exact) mass is 226 g/mol. The molecule has 0 aliphatic heterocycles. The Bertz CT molecular complexity index is 307. The fourth-order valence-corrected chi connectivity index (χ4v) is 1.83. The van der Waals surface area contributed by atoms with Crippen LogP contribution in [0.5, 0.6) is 0 Å². The van der Waals surface area contributed by atoms with Crippen LogP contribution < -0.4 is 0 Å². The summed E-state index contributed by atoms with van der Waals surface area (Å²) < 4.78 is 5.89. The summed E-state index contributed by atoms with van der Waals surface area (Å²) in [6.07, 6.45) is 0.298. The standard InChI is InChI=1S/C13H19ClO/c1-9(2)13(15-10(3)4)11-7-5-6-8-12(11)14/h5-10,13H,1-4H3. The van der Waals surface area contributed by atoms with Crippen LogP contribution in [0.3, 0.4) is 0 Å². The predicted octanol–water partition coefficient (Wildman–Crippen LogP) is 4.46. The lowest BCUT2D eigenvalue weighted by molar-refractivity contribution is -0.0199. The van der Waals surface area contributed by atoms with Crippen molar-refractivity contribution in [1.29, 1.82) is 0 Å². The maximum atomic E-state index is 6.17. The van der Waals surface area contributed by atoms with Crippen molar-refractivity contribution in [2.45, 2.75) is 39.9 Å². The molecule has 84 valence electrons. The molecule has 1 nitrogen and oxygen atoms in total. The number of hydrogen-bond donors (Lipinski definition) is 0. The number of halogens is 1. The highest BCUT2D eigenvalue weighted by Gasteiger charge is 2.19. The topological polar surface area (TPSA) is 9.23 Å². The highest BCUT2D eigenvalue weighted by molar-refractivity contribution is 6.31. The van der Waals surface area contributed by atoms with Crippen LogP contribution in [0.4, 0.5) is 0 Å². The number of hydrogen-bond acceptors (Lipinski definition) is 1. The second-order valence-corrected chi connectivity index (χ2v) is 4.78. The van der Waals surface area contributed by atoms with Crippen LogP contribution in [0.15, 0.2) is 24.3 Å². The fraction of sp³-hybridized carbons (Fsp3) is 0.538. The van der Waals surface area contributed by atoms with Crippen LogP contribution in [-0.4, -0.2) is 6.10 Å². The van der Waals surface area contributed by atoms with E-state index in [1.807, 2.05) is 38.1 Å². The molecule has 1 aromatic rings. The third-order valence-corrected chi connectivity index (χ3v) is 2.58. The summed E-state index contributed by atoms with van der Waals surface area (Å²) >= 11 is 6.17. The van der Waals surface area contributed by atoms with Gasteiger partial charge in [0.2, 0.25) is 0 Å². The van der Waals surface area contributed by atoms with Gasteiger partial charge in [-0.05, 0) is 31.4 Å². The average Bonchev–Trinajstić information content (AvgIpc) is 2.15. The van der Waals surface area contributed by atoms with Gasteiger partial charge in [0.25, 0.3) is 0 Å². The molecule has 0 fully saturated rings. The second kappa shape index (κ2) is 5.53. The summed E-state index contributed by atoms with van der Waals surface area (Å²) in [7, 11) is 0. The zero-order chi connectivity index (χ0) is 11.4.